The Bertz CT molecular complexity index is 712. The van der Waals surface area contributed by atoms with Crippen molar-refractivity contribution in [1.82, 2.24) is 4.90 Å². The van der Waals surface area contributed by atoms with Crippen LogP contribution in [0.3, 0.4) is 0 Å². The van der Waals surface area contributed by atoms with E-state index in [0.717, 1.165) is 13.0 Å². The quantitative estimate of drug-likeness (QED) is 0.869. The molecule has 0 aromatic heterocycles. The highest BCUT2D eigenvalue weighted by molar-refractivity contribution is 5.95. The maximum absolute atomic E-state index is 12.8. The largest absolute Gasteiger partial charge is 0.493 e. The van der Waals surface area contributed by atoms with Gasteiger partial charge in [0.15, 0.2) is 11.5 Å². The van der Waals surface area contributed by atoms with Crippen LogP contribution in [0, 0.1) is 0 Å². The van der Waals surface area contributed by atoms with Crippen LogP contribution in [0.4, 0.5) is 0 Å². The first-order valence-electron chi connectivity index (χ1n) is 7.89. The summed E-state index contributed by atoms with van der Waals surface area (Å²) in [7, 11) is 1.59. The fourth-order valence-electron chi connectivity index (χ4n) is 2.93. The van der Waals surface area contributed by atoms with Gasteiger partial charge in [0.2, 0.25) is 0 Å². The van der Waals surface area contributed by atoms with Crippen molar-refractivity contribution in [2.75, 3.05) is 20.3 Å². The predicted octanol–water partition coefficient (Wildman–Crippen LogP) is 3.29. The maximum atomic E-state index is 12.8. The normalized spacial score (nSPS) is 13.4. The van der Waals surface area contributed by atoms with E-state index >= 15 is 0 Å². The van der Waals surface area contributed by atoms with Gasteiger partial charge in [-0.2, -0.15) is 0 Å². The van der Waals surface area contributed by atoms with E-state index in [1.54, 1.807) is 25.3 Å². The van der Waals surface area contributed by atoms with Crippen LogP contribution in [-0.2, 0) is 13.0 Å². The molecule has 0 spiro atoms. The van der Waals surface area contributed by atoms with Gasteiger partial charge in [-0.1, -0.05) is 24.3 Å². The Hall–Kier alpha value is -2.49. The number of rotatable bonds is 4. The minimum Gasteiger partial charge on any atom is -0.493 e. The van der Waals surface area contributed by atoms with Crippen molar-refractivity contribution in [3.63, 3.8) is 0 Å². The molecule has 120 valence electrons. The van der Waals surface area contributed by atoms with Crippen molar-refractivity contribution >= 4 is 5.91 Å². The van der Waals surface area contributed by atoms with E-state index < -0.39 is 0 Å². The summed E-state index contributed by atoms with van der Waals surface area (Å²) >= 11 is 0. The summed E-state index contributed by atoms with van der Waals surface area (Å²) in [5, 5.41) is 0. The van der Waals surface area contributed by atoms with Crippen molar-refractivity contribution in [3.8, 4) is 11.5 Å². The smallest absolute Gasteiger partial charge is 0.254 e. The average molecular weight is 311 g/mol. The van der Waals surface area contributed by atoms with Crippen molar-refractivity contribution in [2.24, 2.45) is 0 Å². The molecule has 4 nitrogen and oxygen atoms in total. The lowest BCUT2D eigenvalue weighted by Crippen LogP contribution is -2.35. The van der Waals surface area contributed by atoms with E-state index in [-0.39, 0.29) is 5.91 Å². The minimum atomic E-state index is 0.0286. The van der Waals surface area contributed by atoms with Gasteiger partial charge in [0.25, 0.3) is 5.91 Å². The van der Waals surface area contributed by atoms with Crippen molar-refractivity contribution in [2.45, 2.75) is 19.9 Å². The molecule has 2 aromatic rings. The summed E-state index contributed by atoms with van der Waals surface area (Å²) in [5.74, 6) is 1.28. The van der Waals surface area contributed by atoms with E-state index in [0.29, 0.717) is 30.2 Å². The number of hydrogen-bond donors (Lipinski definition) is 0. The van der Waals surface area contributed by atoms with Crippen LogP contribution in [0.2, 0.25) is 0 Å². The van der Waals surface area contributed by atoms with E-state index in [1.807, 2.05) is 24.0 Å². The monoisotopic (exact) mass is 311 g/mol. The third-order valence-corrected chi connectivity index (χ3v) is 4.13. The van der Waals surface area contributed by atoms with Gasteiger partial charge < -0.3 is 14.4 Å². The number of methoxy groups -OCH3 is 1. The average Bonchev–Trinajstić information content (AvgIpc) is 2.61. The van der Waals surface area contributed by atoms with Gasteiger partial charge >= 0.3 is 0 Å². The minimum absolute atomic E-state index is 0.0286. The number of benzene rings is 2. The summed E-state index contributed by atoms with van der Waals surface area (Å²) in [6.45, 7) is 3.88. The van der Waals surface area contributed by atoms with Crippen LogP contribution >= 0.6 is 0 Å². The highest BCUT2D eigenvalue weighted by Crippen LogP contribution is 2.29. The Kier molecular flexibility index (Phi) is 4.51. The highest BCUT2D eigenvalue weighted by atomic mass is 16.5. The summed E-state index contributed by atoms with van der Waals surface area (Å²) in [6, 6.07) is 13.7. The lowest BCUT2D eigenvalue weighted by molar-refractivity contribution is 0.0734. The Morgan fingerprint density at radius 1 is 1.13 bits per heavy atom. The van der Waals surface area contributed by atoms with Gasteiger partial charge in [-0.25, -0.2) is 0 Å². The Balaban J connectivity index is 1.81. The molecule has 0 bridgehead atoms. The third-order valence-electron chi connectivity index (χ3n) is 4.13. The zero-order valence-electron chi connectivity index (χ0n) is 13.5. The van der Waals surface area contributed by atoms with Crippen molar-refractivity contribution < 1.29 is 14.3 Å². The molecular formula is C19H21NO3. The Labute approximate surface area is 136 Å². The van der Waals surface area contributed by atoms with E-state index in [4.69, 9.17) is 9.47 Å². The van der Waals surface area contributed by atoms with Gasteiger partial charge in [0, 0.05) is 18.7 Å². The Morgan fingerprint density at radius 3 is 2.65 bits per heavy atom. The molecule has 0 fully saturated rings. The van der Waals surface area contributed by atoms with Gasteiger partial charge in [-0.05, 0) is 42.7 Å². The molecule has 2 aromatic carbocycles. The molecule has 1 heterocycles. The summed E-state index contributed by atoms with van der Waals surface area (Å²) in [5.41, 5.74) is 3.19. The number of fused-ring (bicyclic) bond motifs is 1. The van der Waals surface area contributed by atoms with Gasteiger partial charge in [-0.3, -0.25) is 4.79 Å². The maximum Gasteiger partial charge on any atom is 0.254 e. The lowest BCUT2D eigenvalue weighted by Gasteiger charge is -2.29. The van der Waals surface area contributed by atoms with Crippen LogP contribution in [0.15, 0.2) is 42.5 Å². The zero-order valence-corrected chi connectivity index (χ0v) is 13.5. The molecule has 0 unspecified atom stereocenters. The molecule has 0 N–H and O–H groups in total. The molecule has 0 saturated carbocycles. The van der Waals surface area contributed by atoms with Gasteiger partial charge in [0.05, 0.1) is 13.7 Å². The molecule has 1 amide bonds. The fraction of sp³-hybridized carbons (Fsp3) is 0.316. The third kappa shape index (κ3) is 3.16. The molecule has 1 aliphatic rings. The van der Waals surface area contributed by atoms with Crippen LogP contribution in [0.25, 0.3) is 0 Å². The fourth-order valence-corrected chi connectivity index (χ4v) is 2.93. The second kappa shape index (κ2) is 6.73. The number of amides is 1. The molecule has 0 atom stereocenters. The summed E-state index contributed by atoms with van der Waals surface area (Å²) < 4.78 is 10.8. The van der Waals surface area contributed by atoms with Crippen molar-refractivity contribution in [1.29, 1.82) is 0 Å². The Morgan fingerprint density at radius 2 is 1.91 bits per heavy atom. The first kappa shape index (κ1) is 15.4. The second-order valence-electron chi connectivity index (χ2n) is 5.54. The number of ether oxygens (including phenoxy) is 2. The molecule has 0 aliphatic carbocycles. The SMILES string of the molecule is CCOc1ccc(C(=O)N2CCc3ccccc3C2)cc1OC. The molecule has 3 rings (SSSR count). The van der Waals surface area contributed by atoms with E-state index in [1.165, 1.54) is 11.1 Å². The highest BCUT2D eigenvalue weighted by Gasteiger charge is 2.22. The number of carbonyl (C=O) groups is 1. The van der Waals surface area contributed by atoms with Crippen molar-refractivity contribution in [3.05, 3.63) is 59.2 Å². The molecule has 0 radical (unpaired) electrons. The number of carbonyl (C=O) groups excluding carboxylic acids is 1. The van der Waals surface area contributed by atoms with Crippen LogP contribution in [-0.4, -0.2) is 31.1 Å². The number of nitrogens with zero attached hydrogens (tertiary/aromatic N) is 1. The second-order valence-corrected chi connectivity index (χ2v) is 5.54. The lowest BCUT2D eigenvalue weighted by atomic mass is 9.99. The standard InChI is InChI=1S/C19H21NO3/c1-3-23-17-9-8-15(12-18(17)22-2)19(21)20-11-10-14-6-4-5-7-16(14)13-20/h4-9,12H,3,10-11,13H2,1-2H3. The van der Waals surface area contributed by atoms with Crippen LogP contribution in [0.1, 0.15) is 28.4 Å². The predicted molar refractivity (Wildman–Crippen MR) is 89.0 cm³/mol. The molecular weight excluding hydrogens is 290 g/mol. The number of hydrogen-bond acceptors (Lipinski definition) is 3. The first-order valence-corrected chi connectivity index (χ1v) is 7.89. The molecule has 0 saturated heterocycles. The topological polar surface area (TPSA) is 38.8 Å². The molecule has 4 heteroatoms. The van der Waals surface area contributed by atoms with Crippen LogP contribution < -0.4 is 9.47 Å². The summed E-state index contributed by atoms with van der Waals surface area (Å²) in [6.07, 6.45) is 0.899. The molecule has 23 heavy (non-hydrogen) atoms. The van der Waals surface area contributed by atoms with Crippen LogP contribution in [0.5, 0.6) is 11.5 Å². The summed E-state index contributed by atoms with van der Waals surface area (Å²) in [4.78, 5) is 14.7. The van der Waals surface area contributed by atoms with Gasteiger partial charge in [0.1, 0.15) is 0 Å². The van der Waals surface area contributed by atoms with E-state index in [2.05, 4.69) is 12.1 Å². The first-order chi connectivity index (χ1) is 11.2. The molecule has 1 aliphatic heterocycles. The van der Waals surface area contributed by atoms with E-state index in [9.17, 15) is 4.79 Å². The zero-order chi connectivity index (χ0) is 16.2. The van der Waals surface area contributed by atoms with Gasteiger partial charge in [-0.15, -0.1) is 0 Å².